The lowest BCUT2D eigenvalue weighted by atomic mass is 9.86. The molecule has 0 spiro atoms. The van der Waals surface area contributed by atoms with Crippen LogP contribution in [-0.4, -0.2) is 17.9 Å². The molecule has 3 heteroatoms. The molecule has 2 atom stereocenters. The van der Waals surface area contributed by atoms with Crippen molar-refractivity contribution >= 4 is 16.8 Å². The standard InChI is InChI=1S/C16H17NO2/c18-16(12-8-13-2-3-14(9-12)17-13)11-1-4-15-10(7-11)5-6-19-15/h1,4-7,12-14,17H,2-3,8-9H2. The highest BCUT2D eigenvalue weighted by Crippen LogP contribution is 2.33. The molecule has 1 aromatic carbocycles. The van der Waals surface area contributed by atoms with Gasteiger partial charge < -0.3 is 9.73 Å². The monoisotopic (exact) mass is 255 g/mol. The van der Waals surface area contributed by atoms with E-state index in [2.05, 4.69) is 5.32 Å². The van der Waals surface area contributed by atoms with E-state index >= 15 is 0 Å². The fourth-order valence-electron chi connectivity index (χ4n) is 3.63. The molecular weight excluding hydrogens is 238 g/mol. The Labute approximate surface area is 112 Å². The predicted molar refractivity (Wildman–Crippen MR) is 73.2 cm³/mol. The summed E-state index contributed by atoms with van der Waals surface area (Å²) in [5, 5.41) is 4.60. The number of benzene rings is 1. The zero-order chi connectivity index (χ0) is 12.8. The Morgan fingerprint density at radius 1 is 1.16 bits per heavy atom. The minimum Gasteiger partial charge on any atom is -0.464 e. The molecule has 2 saturated heterocycles. The third-order valence-corrected chi connectivity index (χ3v) is 4.58. The third-order valence-electron chi connectivity index (χ3n) is 4.58. The maximum atomic E-state index is 12.6. The van der Waals surface area contributed by atoms with Crippen LogP contribution in [0.1, 0.15) is 36.0 Å². The molecule has 2 fully saturated rings. The Morgan fingerprint density at radius 2 is 1.95 bits per heavy atom. The Bertz CT molecular complexity index is 618. The van der Waals surface area contributed by atoms with Gasteiger partial charge in [-0.2, -0.15) is 0 Å². The first kappa shape index (κ1) is 11.2. The number of Topliss-reactive ketones (excluding diaryl/α,β-unsaturated/α-hetero) is 1. The number of carbonyl (C=O) groups excluding carboxylic acids is 1. The highest BCUT2D eigenvalue weighted by atomic mass is 16.3. The van der Waals surface area contributed by atoms with Gasteiger partial charge in [-0.3, -0.25) is 4.79 Å². The molecule has 0 radical (unpaired) electrons. The van der Waals surface area contributed by atoms with Gasteiger partial charge in [-0.05, 0) is 49.9 Å². The SMILES string of the molecule is O=C(c1ccc2occc2c1)C1CC2CCC(C1)N2. The van der Waals surface area contributed by atoms with Gasteiger partial charge in [-0.15, -0.1) is 0 Å². The normalized spacial score (nSPS) is 29.8. The van der Waals surface area contributed by atoms with Crippen LogP contribution in [0.2, 0.25) is 0 Å². The molecule has 1 N–H and O–H groups in total. The summed E-state index contributed by atoms with van der Waals surface area (Å²) >= 11 is 0. The zero-order valence-corrected chi connectivity index (χ0v) is 10.8. The molecule has 2 bridgehead atoms. The molecule has 2 aromatic rings. The van der Waals surface area contributed by atoms with Crippen molar-refractivity contribution in [3.63, 3.8) is 0 Å². The second kappa shape index (κ2) is 4.20. The molecule has 2 aliphatic rings. The van der Waals surface area contributed by atoms with Crippen LogP contribution in [0.15, 0.2) is 34.9 Å². The lowest BCUT2D eigenvalue weighted by Crippen LogP contribution is -2.40. The number of furan rings is 1. The Kier molecular flexibility index (Phi) is 2.49. The molecule has 0 aliphatic carbocycles. The van der Waals surface area contributed by atoms with E-state index in [-0.39, 0.29) is 5.92 Å². The van der Waals surface area contributed by atoms with Crippen molar-refractivity contribution in [2.45, 2.75) is 37.8 Å². The highest BCUT2D eigenvalue weighted by molar-refractivity contribution is 6.00. The van der Waals surface area contributed by atoms with Gasteiger partial charge in [-0.1, -0.05) is 0 Å². The molecule has 0 amide bonds. The number of nitrogens with one attached hydrogen (secondary N) is 1. The molecule has 3 nitrogen and oxygen atoms in total. The maximum Gasteiger partial charge on any atom is 0.166 e. The van der Waals surface area contributed by atoms with Gasteiger partial charge in [0.05, 0.1) is 6.26 Å². The molecule has 4 rings (SSSR count). The quantitative estimate of drug-likeness (QED) is 0.838. The van der Waals surface area contributed by atoms with Crippen molar-refractivity contribution in [1.29, 1.82) is 0 Å². The van der Waals surface area contributed by atoms with Crippen molar-refractivity contribution < 1.29 is 9.21 Å². The summed E-state index contributed by atoms with van der Waals surface area (Å²) in [7, 11) is 0. The van der Waals surface area contributed by atoms with E-state index < -0.39 is 0 Å². The molecule has 2 aliphatic heterocycles. The Balaban J connectivity index is 1.62. The Hall–Kier alpha value is -1.61. The summed E-state index contributed by atoms with van der Waals surface area (Å²) in [6.07, 6.45) is 6.13. The lowest BCUT2D eigenvalue weighted by molar-refractivity contribution is 0.0876. The van der Waals surface area contributed by atoms with Crippen LogP contribution in [0.4, 0.5) is 0 Å². The molecule has 1 aromatic heterocycles. The number of fused-ring (bicyclic) bond motifs is 3. The van der Waals surface area contributed by atoms with E-state index in [1.807, 2.05) is 24.3 Å². The summed E-state index contributed by atoms with van der Waals surface area (Å²) in [5.74, 6) is 0.504. The largest absolute Gasteiger partial charge is 0.464 e. The predicted octanol–water partition coefficient (Wildman–Crippen LogP) is 3.15. The summed E-state index contributed by atoms with van der Waals surface area (Å²) in [6.45, 7) is 0. The van der Waals surface area contributed by atoms with Crippen LogP contribution in [0, 0.1) is 5.92 Å². The smallest absolute Gasteiger partial charge is 0.166 e. The van der Waals surface area contributed by atoms with Crippen LogP contribution in [0.3, 0.4) is 0 Å². The maximum absolute atomic E-state index is 12.6. The number of hydrogen-bond acceptors (Lipinski definition) is 3. The Morgan fingerprint density at radius 3 is 2.74 bits per heavy atom. The molecule has 0 saturated carbocycles. The van der Waals surface area contributed by atoms with Crippen LogP contribution in [0.5, 0.6) is 0 Å². The third kappa shape index (κ3) is 1.89. The molecular formula is C16H17NO2. The minimum absolute atomic E-state index is 0.197. The van der Waals surface area contributed by atoms with Crippen molar-refractivity contribution in [3.8, 4) is 0 Å². The van der Waals surface area contributed by atoms with Gasteiger partial charge in [0.15, 0.2) is 5.78 Å². The van der Waals surface area contributed by atoms with Crippen molar-refractivity contribution in [1.82, 2.24) is 5.32 Å². The van der Waals surface area contributed by atoms with Gasteiger partial charge >= 0.3 is 0 Å². The highest BCUT2D eigenvalue weighted by Gasteiger charge is 2.36. The van der Waals surface area contributed by atoms with Gasteiger partial charge in [0.1, 0.15) is 5.58 Å². The zero-order valence-electron chi connectivity index (χ0n) is 10.8. The number of piperidine rings is 1. The molecule has 3 heterocycles. The second-order valence-electron chi connectivity index (χ2n) is 5.84. The summed E-state index contributed by atoms with van der Waals surface area (Å²) in [6, 6.07) is 8.80. The first-order chi connectivity index (χ1) is 9.29. The summed E-state index contributed by atoms with van der Waals surface area (Å²) < 4.78 is 5.32. The average molecular weight is 255 g/mol. The van der Waals surface area contributed by atoms with Crippen LogP contribution < -0.4 is 5.32 Å². The van der Waals surface area contributed by atoms with Gasteiger partial charge in [0.25, 0.3) is 0 Å². The van der Waals surface area contributed by atoms with Gasteiger partial charge in [0.2, 0.25) is 0 Å². The van der Waals surface area contributed by atoms with Crippen LogP contribution in [0.25, 0.3) is 11.0 Å². The number of rotatable bonds is 2. The fraction of sp³-hybridized carbons (Fsp3) is 0.438. The number of hydrogen-bond donors (Lipinski definition) is 1. The summed E-state index contributed by atoms with van der Waals surface area (Å²) in [4.78, 5) is 12.6. The van der Waals surface area contributed by atoms with Gasteiger partial charge in [-0.25, -0.2) is 0 Å². The summed E-state index contributed by atoms with van der Waals surface area (Å²) in [5.41, 5.74) is 1.68. The second-order valence-corrected chi connectivity index (χ2v) is 5.84. The first-order valence-electron chi connectivity index (χ1n) is 7.07. The van der Waals surface area contributed by atoms with Crippen molar-refractivity contribution in [2.75, 3.05) is 0 Å². The van der Waals surface area contributed by atoms with Crippen LogP contribution in [-0.2, 0) is 0 Å². The first-order valence-corrected chi connectivity index (χ1v) is 7.07. The van der Waals surface area contributed by atoms with E-state index in [0.717, 1.165) is 29.4 Å². The number of ketones is 1. The van der Waals surface area contributed by atoms with E-state index in [0.29, 0.717) is 17.9 Å². The molecule has 2 unspecified atom stereocenters. The molecule has 98 valence electrons. The van der Waals surface area contributed by atoms with Crippen molar-refractivity contribution in [3.05, 3.63) is 36.1 Å². The van der Waals surface area contributed by atoms with Gasteiger partial charge in [0, 0.05) is 29.0 Å². The van der Waals surface area contributed by atoms with E-state index in [9.17, 15) is 4.79 Å². The average Bonchev–Trinajstić information content (AvgIpc) is 3.03. The van der Waals surface area contributed by atoms with E-state index in [4.69, 9.17) is 4.42 Å². The van der Waals surface area contributed by atoms with Crippen LogP contribution >= 0.6 is 0 Å². The fourth-order valence-corrected chi connectivity index (χ4v) is 3.63. The number of carbonyl (C=O) groups is 1. The van der Waals surface area contributed by atoms with E-state index in [1.165, 1.54) is 12.8 Å². The molecule has 19 heavy (non-hydrogen) atoms. The minimum atomic E-state index is 0.197. The van der Waals surface area contributed by atoms with Crippen molar-refractivity contribution in [2.24, 2.45) is 5.92 Å². The van der Waals surface area contributed by atoms with E-state index in [1.54, 1.807) is 6.26 Å². The lowest BCUT2D eigenvalue weighted by Gasteiger charge is -2.28. The topological polar surface area (TPSA) is 42.2 Å².